The monoisotopic (exact) mass is 362 g/mol. The van der Waals surface area contributed by atoms with E-state index in [0.717, 1.165) is 32.1 Å². The first-order chi connectivity index (χ1) is 12.7. The lowest BCUT2D eigenvalue weighted by molar-refractivity contribution is -0.159. The normalized spacial score (nSPS) is 19.9. The van der Waals surface area contributed by atoms with Crippen molar-refractivity contribution in [1.82, 2.24) is 0 Å². The molecule has 0 bridgehead atoms. The summed E-state index contributed by atoms with van der Waals surface area (Å²) in [6.07, 6.45) is 19.2. The van der Waals surface area contributed by atoms with Gasteiger partial charge in [0.15, 0.2) is 0 Å². The van der Waals surface area contributed by atoms with Crippen LogP contribution in [0.15, 0.2) is 36.5 Å². The fourth-order valence-electron chi connectivity index (χ4n) is 2.80. The van der Waals surface area contributed by atoms with Gasteiger partial charge in [-0.15, -0.1) is 0 Å². The maximum Gasteiger partial charge on any atom is 0.313 e. The van der Waals surface area contributed by atoms with E-state index in [1.54, 1.807) is 6.08 Å². The summed E-state index contributed by atoms with van der Waals surface area (Å²) in [6, 6.07) is 0. The molecule has 0 heterocycles. The van der Waals surface area contributed by atoms with Crippen LogP contribution in [-0.2, 0) is 19.1 Å². The molecule has 0 N–H and O–H groups in total. The van der Waals surface area contributed by atoms with Crippen molar-refractivity contribution in [3.05, 3.63) is 36.5 Å². The van der Waals surface area contributed by atoms with Gasteiger partial charge in [-0.05, 0) is 38.5 Å². The van der Waals surface area contributed by atoms with Crippen LogP contribution in [0.3, 0.4) is 0 Å². The van der Waals surface area contributed by atoms with Crippen molar-refractivity contribution in [3.8, 4) is 0 Å². The fourth-order valence-corrected chi connectivity index (χ4v) is 2.80. The number of rotatable bonds is 12. The molecule has 4 heteroatoms. The van der Waals surface area contributed by atoms with Gasteiger partial charge in [0.25, 0.3) is 0 Å². The number of carbonyl (C=O) groups is 2. The molecule has 1 aliphatic carbocycles. The van der Waals surface area contributed by atoms with Crippen LogP contribution < -0.4 is 0 Å². The zero-order valence-corrected chi connectivity index (χ0v) is 16.3. The summed E-state index contributed by atoms with van der Waals surface area (Å²) >= 11 is 0. The van der Waals surface area contributed by atoms with Crippen molar-refractivity contribution in [1.29, 1.82) is 0 Å². The van der Waals surface area contributed by atoms with Crippen LogP contribution in [0.25, 0.3) is 0 Å². The second-order valence-electron chi connectivity index (χ2n) is 6.57. The van der Waals surface area contributed by atoms with Gasteiger partial charge in [0.1, 0.15) is 0 Å². The van der Waals surface area contributed by atoms with Gasteiger partial charge in [-0.1, -0.05) is 63.1 Å². The van der Waals surface area contributed by atoms with Crippen LogP contribution in [0.4, 0.5) is 0 Å². The van der Waals surface area contributed by atoms with Gasteiger partial charge in [-0.2, -0.15) is 0 Å². The maximum absolute atomic E-state index is 12.4. The molecule has 0 aromatic heterocycles. The molecule has 0 amide bonds. The van der Waals surface area contributed by atoms with E-state index in [0.29, 0.717) is 32.5 Å². The van der Waals surface area contributed by atoms with E-state index >= 15 is 0 Å². The molecular formula is C22H34O4. The molecule has 0 aromatic rings. The SMILES string of the molecule is CCC/C=C/CCOC(=O)C1C=CCCC1C(=O)OCC/C=C/CCC. The Balaban J connectivity index is 2.39. The first-order valence-corrected chi connectivity index (χ1v) is 10.0. The lowest BCUT2D eigenvalue weighted by Gasteiger charge is -2.24. The Morgan fingerprint density at radius 3 is 2.00 bits per heavy atom. The van der Waals surface area contributed by atoms with Gasteiger partial charge in [0.05, 0.1) is 25.0 Å². The molecule has 0 spiro atoms. The average molecular weight is 363 g/mol. The highest BCUT2D eigenvalue weighted by molar-refractivity contribution is 5.83. The second kappa shape index (κ2) is 14.3. The number of esters is 2. The third-order valence-electron chi connectivity index (χ3n) is 4.30. The van der Waals surface area contributed by atoms with Gasteiger partial charge >= 0.3 is 11.9 Å². The Morgan fingerprint density at radius 1 is 0.885 bits per heavy atom. The van der Waals surface area contributed by atoms with E-state index in [1.165, 1.54) is 0 Å². The number of hydrogen-bond donors (Lipinski definition) is 0. The zero-order valence-electron chi connectivity index (χ0n) is 16.3. The summed E-state index contributed by atoms with van der Waals surface area (Å²) in [5, 5.41) is 0. The van der Waals surface area contributed by atoms with Gasteiger partial charge in [0, 0.05) is 0 Å². The van der Waals surface area contributed by atoms with Crippen LogP contribution in [0.1, 0.15) is 65.2 Å². The molecule has 0 fully saturated rings. The van der Waals surface area contributed by atoms with Crippen LogP contribution in [-0.4, -0.2) is 25.2 Å². The highest BCUT2D eigenvalue weighted by atomic mass is 16.5. The molecule has 0 aliphatic heterocycles. The first-order valence-electron chi connectivity index (χ1n) is 10.0. The Hall–Kier alpha value is -1.84. The van der Waals surface area contributed by atoms with E-state index < -0.39 is 11.8 Å². The minimum Gasteiger partial charge on any atom is -0.465 e. The van der Waals surface area contributed by atoms with Crippen LogP contribution >= 0.6 is 0 Å². The van der Waals surface area contributed by atoms with E-state index in [-0.39, 0.29) is 11.9 Å². The molecule has 2 atom stereocenters. The molecular weight excluding hydrogens is 328 g/mol. The molecule has 0 saturated heterocycles. The van der Waals surface area contributed by atoms with Gasteiger partial charge in [0.2, 0.25) is 0 Å². The summed E-state index contributed by atoms with van der Waals surface area (Å²) < 4.78 is 10.7. The van der Waals surface area contributed by atoms with Crippen molar-refractivity contribution >= 4 is 11.9 Å². The lowest BCUT2D eigenvalue weighted by atomic mass is 9.84. The molecule has 1 rings (SSSR count). The van der Waals surface area contributed by atoms with Gasteiger partial charge in [-0.3, -0.25) is 9.59 Å². The van der Waals surface area contributed by atoms with E-state index in [2.05, 4.69) is 26.0 Å². The maximum atomic E-state index is 12.4. The predicted octanol–water partition coefficient (Wildman–Crippen LogP) is 5.15. The number of allylic oxidation sites excluding steroid dienone is 3. The number of carbonyl (C=O) groups excluding carboxylic acids is 2. The molecule has 4 nitrogen and oxygen atoms in total. The van der Waals surface area contributed by atoms with Crippen molar-refractivity contribution in [3.63, 3.8) is 0 Å². The van der Waals surface area contributed by atoms with Crippen molar-refractivity contribution < 1.29 is 19.1 Å². The van der Waals surface area contributed by atoms with Crippen LogP contribution in [0.2, 0.25) is 0 Å². The summed E-state index contributed by atoms with van der Waals surface area (Å²) in [5.41, 5.74) is 0. The van der Waals surface area contributed by atoms with Crippen molar-refractivity contribution in [2.24, 2.45) is 11.8 Å². The minimum atomic E-state index is -0.522. The topological polar surface area (TPSA) is 52.6 Å². The van der Waals surface area contributed by atoms with E-state index in [9.17, 15) is 9.59 Å². The van der Waals surface area contributed by atoms with E-state index in [1.807, 2.05) is 18.2 Å². The Morgan fingerprint density at radius 2 is 1.42 bits per heavy atom. The third-order valence-corrected chi connectivity index (χ3v) is 4.30. The van der Waals surface area contributed by atoms with Gasteiger partial charge < -0.3 is 9.47 Å². The standard InChI is InChI=1S/C22H34O4/c1-3-5-7-9-13-17-25-21(23)19-15-11-12-16-20(19)22(24)26-18-14-10-8-6-4-2/h7-11,15,19-20H,3-6,12-14,16-18H2,1-2H3/b9-7+,10-8+. The Bertz CT molecular complexity index is 490. The summed E-state index contributed by atoms with van der Waals surface area (Å²) in [5.74, 6) is -1.56. The van der Waals surface area contributed by atoms with Crippen molar-refractivity contribution in [2.45, 2.75) is 65.2 Å². The van der Waals surface area contributed by atoms with Crippen molar-refractivity contribution in [2.75, 3.05) is 13.2 Å². The highest BCUT2D eigenvalue weighted by Crippen LogP contribution is 2.27. The molecule has 0 radical (unpaired) electrons. The molecule has 26 heavy (non-hydrogen) atoms. The largest absolute Gasteiger partial charge is 0.465 e. The average Bonchev–Trinajstić information content (AvgIpc) is 2.67. The fraction of sp³-hybridized carbons (Fsp3) is 0.636. The third kappa shape index (κ3) is 9.02. The summed E-state index contributed by atoms with van der Waals surface area (Å²) in [7, 11) is 0. The highest BCUT2D eigenvalue weighted by Gasteiger charge is 2.35. The lowest BCUT2D eigenvalue weighted by Crippen LogP contribution is -2.33. The first kappa shape index (κ1) is 22.2. The van der Waals surface area contributed by atoms with Gasteiger partial charge in [-0.25, -0.2) is 0 Å². The second-order valence-corrected chi connectivity index (χ2v) is 6.57. The summed E-state index contributed by atoms with van der Waals surface area (Å²) in [4.78, 5) is 24.7. The minimum absolute atomic E-state index is 0.289. The summed E-state index contributed by atoms with van der Waals surface area (Å²) in [6.45, 7) is 4.97. The van der Waals surface area contributed by atoms with Crippen LogP contribution in [0.5, 0.6) is 0 Å². The molecule has 2 unspecified atom stereocenters. The number of ether oxygens (including phenoxy) is 2. The predicted molar refractivity (Wildman–Crippen MR) is 105 cm³/mol. The Kier molecular flexibility index (Phi) is 12.2. The molecule has 1 aliphatic rings. The smallest absolute Gasteiger partial charge is 0.313 e. The number of unbranched alkanes of at least 4 members (excludes halogenated alkanes) is 2. The number of hydrogen-bond acceptors (Lipinski definition) is 4. The Labute approximate surface area is 158 Å². The van der Waals surface area contributed by atoms with Crippen LogP contribution in [0, 0.1) is 11.8 Å². The molecule has 0 aromatic carbocycles. The quantitative estimate of drug-likeness (QED) is 0.274. The zero-order chi connectivity index (χ0) is 19.0. The molecule has 146 valence electrons. The van der Waals surface area contributed by atoms with E-state index in [4.69, 9.17) is 9.47 Å². The molecule has 0 saturated carbocycles.